The fourth-order valence-corrected chi connectivity index (χ4v) is 1.59. The summed E-state index contributed by atoms with van der Waals surface area (Å²) in [6.07, 6.45) is 3.16. The summed E-state index contributed by atoms with van der Waals surface area (Å²) in [4.78, 5) is 15.1. The summed E-state index contributed by atoms with van der Waals surface area (Å²) < 4.78 is 4.73. The largest absolute Gasteiger partial charge is 0.363 e. The molecule has 0 aromatic carbocycles. The molecule has 0 aliphatic carbocycles. The van der Waals surface area contributed by atoms with Gasteiger partial charge in [0, 0.05) is 26.1 Å². The van der Waals surface area contributed by atoms with E-state index in [2.05, 4.69) is 5.16 Å². The summed E-state index contributed by atoms with van der Waals surface area (Å²) in [5, 5.41) is 3.80. The van der Waals surface area contributed by atoms with Crippen molar-refractivity contribution >= 4 is 11.7 Å². The van der Waals surface area contributed by atoms with E-state index in [1.165, 1.54) is 6.26 Å². The number of amides is 1. The summed E-state index contributed by atoms with van der Waals surface area (Å²) in [7, 11) is 1.89. The first kappa shape index (κ1) is 9.05. The van der Waals surface area contributed by atoms with E-state index < -0.39 is 0 Å². The van der Waals surface area contributed by atoms with Crippen molar-refractivity contribution in [2.75, 3.05) is 25.2 Å². The van der Waals surface area contributed by atoms with Crippen molar-refractivity contribution < 1.29 is 9.32 Å². The minimum atomic E-state index is 0.223. The number of anilines is 1. The van der Waals surface area contributed by atoms with E-state index in [0.717, 1.165) is 18.8 Å². The summed E-state index contributed by atoms with van der Waals surface area (Å²) in [5.74, 6) is 0.977. The Kier molecular flexibility index (Phi) is 2.39. The van der Waals surface area contributed by atoms with Gasteiger partial charge in [-0.25, -0.2) is 0 Å². The molecule has 0 spiro atoms. The molecular weight excluding hydrogens is 182 g/mol. The molecule has 2 rings (SSSR count). The van der Waals surface area contributed by atoms with Crippen LogP contribution in [0.2, 0.25) is 0 Å². The molecule has 0 atom stereocenters. The minimum absolute atomic E-state index is 0.223. The average Bonchev–Trinajstić information content (AvgIpc) is 2.77. The van der Waals surface area contributed by atoms with Crippen molar-refractivity contribution in [1.82, 2.24) is 10.1 Å². The van der Waals surface area contributed by atoms with Crippen molar-refractivity contribution in [2.24, 2.45) is 0 Å². The molecule has 1 saturated heterocycles. The number of nitrogens with zero attached hydrogens (tertiary/aromatic N) is 3. The van der Waals surface area contributed by atoms with Crippen LogP contribution >= 0.6 is 0 Å². The van der Waals surface area contributed by atoms with Gasteiger partial charge in [-0.15, -0.1) is 0 Å². The van der Waals surface area contributed by atoms with Gasteiger partial charge in [-0.3, -0.25) is 4.79 Å². The van der Waals surface area contributed by atoms with E-state index in [4.69, 9.17) is 4.52 Å². The Morgan fingerprint density at radius 1 is 1.71 bits per heavy atom. The van der Waals surface area contributed by atoms with E-state index in [0.29, 0.717) is 13.1 Å². The first-order valence-electron chi connectivity index (χ1n) is 4.66. The Balaban J connectivity index is 1.94. The zero-order chi connectivity index (χ0) is 9.97. The summed E-state index contributed by atoms with van der Waals surface area (Å²) in [5.41, 5.74) is 0. The van der Waals surface area contributed by atoms with Gasteiger partial charge in [0.15, 0.2) is 5.82 Å². The standard InChI is InChI=1S/C9H13N3O2/c1-11(8-4-6-14-10-8)7-12-5-2-3-9(12)13/h4,6H,2-3,5,7H2,1H3. The molecule has 0 N–H and O–H groups in total. The Morgan fingerprint density at radius 3 is 3.14 bits per heavy atom. The van der Waals surface area contributed by atoms with Crippen LogP contribution in [0.5, 0.6) is 0 Å². The van der Waals surface area contributed by atoms with Crippen LogP contribution in [0, 0.1) is 0 Å². The predicted octanol–water partition coefficient (Wildman–Crippen LogP) is 0.691. The van der Waals surface area contributed by atoms with E-state index in [1.54, 1.807) is 6.07 Å². The van der Waals surface area contributed by atoms with Gasteiger partial charge in [0.1, 0.15) is 6.26 Å². The molecule has 1 aromatic rings. The molecule has 0 bridgehead atoms. The second kappa shape index (κ2) is 3.69. The Hall–Kier alpha value is -1.52. The van der Waals surface area contributed by atoms with E-state index in [9.17, 15) is 4.79 Å². The summed E-state index contributed by atoms with van der Waals surface area (Å²) in [6.45, 7) is 1.44. The second-order valence-corrected chi connectivity index (χ2v) is 3.46. The van der Waals surface area contributed by atoms with Gasteiger partial charge in [0.05, 0.1) is 6.67 Å². The maximum absolute atomic E-state index is 11.3. The lowest BCUT2D eigenvalue weighted by Gasteiger charge is -2.23. The fourth-order valence-electron chi connectivity index (χ4n) is 1.59. The highest BCUT2D eigenvalue weighted by molar-refractivity contribution is 5.78. The van der Waals surface area contributed by atoms with Crippen LogP contribution in [-0.4, -0.2) is 36.2 Å². The highest BCUT2D eigenvalue weighted by Crippen LogP contribution is 2.13. The van der Waals surface area contributed by atoms with Gasteiger partial charge >= 0.3 is 0 Å². The molecule has 2 heterocycles. The maximum atomic E-state index is 11.3. The summed E-state index contributed by atoms with van der Waals surface area (Å²) in [6, 6.07) is 1.78. The molecule has 0 radical (unpaired) electrons. The zero-order valence-corrected chi connectivity index (χ0v) is 8.14. The Bertz CT molecular complexity index is 310. The predicted molar refractivity (Wildman–Crippen MR) is 50.7 cm³/mol. The van der Waals surface area contributed by atoms with E-state index >= 15 is 0 Å². The third-order valence-corrected chi connectivity index (χ3v) is 2.37. The molecule has 1 aliphatic rings. The number of likely N-dealkylation sites (tertiary alicyclic amines) is 1. The van der Waals surface area contributed by atoms with Gasteiger partial charge in [-0.1, -0.05) is 5.16 Å². The SMILES string of the molecule is CN(CN1CCCC1=O)c1ccon1. The topological polar surface area (TPSA) is 49.6 Å². The third-order valence-electron chi connectivity index (χ3n) is 2.37. The molecule has 76 valence electrons. The van der Waals surface area contributed by atoms with Gasteiger partial charge in [0.2, 0.25) is 5.91 Å². The van der Waals surface area contributed by atoms with Crippen LogP contribution in [-0.2, 0) is 4.79 Å². The molecule has 5 nitrogen and oxygen atoms in total. The molecule has 0 saturated carbocycles. The molecule has 1 aromatic heterocycles. The van der Waals surface area contributed by atoms with Gasteiger partial charge in [-0.2, -0.15) is 0 Å². The fraction of sp³-hybridized carbons (Fsp3) is 0.556. The van der Waals surface area contributed by atoms with Crippen molar-refractivity contribution in [3.05, 3.63) is 12.3 Å². The molecule has 14 heavy (non-hydrogen) atoms. The van der Waals surface area contributed by atoms with Crippen LogP contribution < -0.4 is 4.90 Å². The number of hydrogen-bond donors (Lipinski definition) is 0. The lowest BCUT2D eigenvalue weighted by molar-refractivity contribution is -0.127. The minimum Gasteiger partial charge on any atom is -0.363 e. The Labute approximate surface area is 82.3 Å². The normalized spacial score (nSPS) is 16.4. The van der Waals surface area contributed by atoms with Crippen molar-refractivity contribution in [2.45, 2.75) is 12.8 Å². The molecular formula is C9H13N3O2. The van der Waals surface area contributed by atoms with Gasteiger partial charge in [-0.05, 0) is 6.42 Å². The monoisotopic (exact) mass is 195 g/mol. The molecule has 1 fully saturated rings. The highest BCUT2D eigenvalue weighted by atomic mass is 16.5. The molecule has 0 unspecified atom stereocenters. The van der Waals surface area contributed by atoms with Crippen LogP contribution in [0.4, 0.5) is 5.82 Å². The number of carbonyl (C=O) groups excluding carboxylic acids is 1. The first-order chi connectivity index (χ1) is 6.77. The van der Waals surface area contributed by atoms with Crippen molar-refractivity contribution in [3.8, 4) is 0 Å². The lowest BCUT2D eigenvalue weighted by Crippen LogP contribution is -2.36. The van der Waals surface area contributed by atoms with Gasteiger partial charge in [0.25, 0.3) is 0 Å². The highest BCUT2D eigenvalue weighted by Gasteiger charge is 2.21. The maximum Gasteiger partial charge on any atom is 0.224 e. The van der Waals surface area contributed by atoms with Crippen molar-refractivity contribution in [3.63, 3.8) is 0 Å². The quantitative estimate of drug-likeness (QED) is 0.712. The van der Waals surface area contributed by atoms with Crippen LogP contribution in [0.1, 0.15) is 12.8 Å². The average molecular weight is 195 g/mol. The zero-order valence-electron chi connectivity index (χ0n) is 8.14. The van der Waals surface area contributed by atoms with E-state index in [-0.39, 0.29) is 5.91 Å². The van der Waals surface area contributed by atoms with Crippen LogP contribution in [0.3, 0.4) is 0 Å². The second-order valence-electron chi connectivity index (χ2n) is 3.46. The number of carbonyl (C=O) groups is 1. The molecule has 5 heteroatoms. The van der Waals surface area contributed by atoms with E-state index in [1.807, 2.05) is 16.8 Å². The third kappa shape index (κ3) is 1.71. The number of hydrogen-bond acceptors (Lipinski definition) is 4. The van der Waals surface area contributed by atoms with Gasteiger partial charge < -0.3 is 14.3 Å². The number of rotatable bonds is 3. The molecule has 1 amide bonds. The number of aromatic nitrogens is 1. The smallest absolute Gasteiger partial charge is 0.224 e. The summed E-state index contributed by atoms with van der Waals surface area (Å²) >= 11 is 0. The first-order valence-corrected chi connectivity index (χ1v) is 4.66. The lowest BCUT2D eigenvalue weighted by atomic mass is 10.4. The van der Waals surface area contributed by atoms with Crippen molar-refractivity contribution in [1.29, 1.82) is 0 Å². The molecule has 1 aliphatic heterocycles. The Morgan fingerprint density at radius 2 is 2.57 bits per heavy atom. The van der Waals surface area contributed by atoms with Crippen LogP contribution in [0.25, 0.3) is 0 Å². The van der Waals surface area contributed by atoms with Crippen LogP contribution in [0.15, 0.2) is 16.9 Å².